The number of carbonyl (C=O) groups is 2. The van der Waals surface area contributed by atoms with E-state index in [1.807, 2.05) is 6.07 Å². The highest BCUT2D eigenvalue weighted by molar-refractivity contribution is 6.02. The number of anilines is 1. The Labute approximate surface area is 151 Å². The Kier molecular flexibility index (Phi) is 6.56. The summed E-state index contributed by atoms with van der Waals surface area (Å²) in [6.45, 7) is 3.98. The lowest BCUT2D eigenvalue weighted by molar-refractivity contribution is -0.111. The van der Waals surface area contributed by atoms with Crippen molar-refractivity contribution in [2.75, 3.05) is 19.0 Å². The summed E-state index contributed by atoms with van der Waals surface area (Å²) in [4.78, 5) is 23.0. The predicted molar refractivity (Wildman–Crippen MR) is 101 cm³/mol. The van der Waals surface area contributed by atoms with Crippen molar-refractivity contribution in [2.24, 2.45) is 5.73 Å². The Balaban J connectivity index is 2.02. The lowest BCUT2D eigenvalue weighted by atomic mass is 10.2. The molecule has 2 rings (SSSR count). The van der Waals surface area contributed by atoms with E-state index in [9.17, 15) is 9.59 Å². The summed E-state index contributed by atoms with van der Waals surface area (Å²) >= 11 is 0. The van der Waals surface area contributed by atoms with Crippen molar-refractivity contribution in [3.63, 3.8) is 0 Å². The van der Waals surface area contributed by atoms with E-state index in [4.69, 9.17) is 15.2 Å². The van der Waals surface area contributed by atoms with E-state index in [1.165, 1.54) is 6.08 Å². The molecule has 0 aromatic heterocycles. The molecule has 0 aliphatic heterocycles. The molecule has 0 aliphatic carbocycles. The van der Waals surface area contributed by atoms with Gasteiger partial charge in [0, 0.05) is 17.3 Å². The molecule has 3 N–H and O–H groups in total. The van der Waals surface area contributed by atoms with Crippen LogP contribution in [0.2, 0.25) is 0 Å². The Morgan fingerprint density at radius 3 is 2.50 bits per heavy atom. The molecular weight excluding hydrogens is 332 g/mol. The van der Waals surface area contributed by atoms with Gasteiger partial charge in [-0.2, -0.15) is 0 Å². The van der Waals surface area contributed by atoms with Gasteiger partial charge in [0.15, 0.2) is 11.5 Å². The molecule has 0 saturated carbocycles. The smallest absolute Gasteiger partial charge is 0.248 e. The van der Waals surface area contributed by atoms with Gasteiger partial charge in [0.05, 0.1) is 7.11 Å². The Morgan fingerprint density at radius 1 is 1.15 bits per heavy atom. The molecule has 0 radical (unpaired) electrons. The maximum atomic E-state index is 12.0. The van der Waals surface area contributed by atoms with Gasteiger partial charge in [-0.15, -0.1) is 0 Å². The molecule has 6 heteroatoms. The van der Waals surface area contributed by atoms with Crippen molar-refractivity contribution in [3.05, 3.63) is 72.3 Å². The number of primary amides is 1. The maximum Gasteiger partial charge on any atom is 0.248 e. The van der Waals surface area contributed by atoms with Gasteiger partial charge in [0.2, 0.25) is 11.8 Å². The molecule has 0 unspecified atom stereocenters. The average molecular weight is 352 g/mol. The molecule has 2 amide bonds. The molecule has 2 aromatic rings. The second-order valence-corrected chi connectivity index (χ2v) is 5.27. The number of benzene rings is 2. The van der Waals surface area contributed by atoms with Crippen LogP contribution in [0.5, 0.6) is 11.5 Å². The first-order valence-electron chi connectivity index (χ1n) is 7.84. The number of nitrogens with two attached hydrogens (primary N) is 1. The molecule has 0 spiro atoms. The van der Waals surface area contributed by atoms with E-state index in [0.717, 1.165) is 5.56 Å². The zero-order chi connectivity index (χ0) is 18.9. The number of nitrogens with one attached hydrogen (secondary N) is 1. The number of methoxy groups -OCH3 is 1. The second-order valence-electron chi connectivity index (χ2n) is 5.27. The third kappa shape index (κ3) is 5.24. The largest absolute Gasteiger partial charge is 0.493 e. The molecule has 0 fully saturated rings. The van der Waals surface area contributed by atoms with Gasteiger partial charge < -0.3 is 20.5 Å². The van der Waals surface area contributed by atoms with E-state index < -0.39 is 5.91 Å². The average Bonchev–Trinajstić information content (AvgIpc) is 2.65. The van der Waals surface area contributed by atoms with E-state index in [0.29, 0.717) is 29.4 Å². The summed E-state index contributed by atoms with van der Waals surface area (Å²) in [7, 11) is 1.55. The van der Waals surface area contributed by atoms with Crippen molar-refractivity contribution >= 4 is 23.6 Å². The van der Waals surface area contributed by atoms with E-state index in [-0.39, 0.29) is 5.91 Å². The van der Waals surface area contributed by atoms with E-state index >= 15 is 0 Å². The van der Waals surface area contributed by atoms with Crippen LogP contribution in [-0.2, 0) is 4.79 Å². The molecule has 0 bridgehead atoms. The third-order valence-corrected chi connectivity index (χ3v) is 3.41. The molecule has 0 saturated heterocycles. The van der Waals surface area contributed by atoms with Crippen molar-refractivity contribution < 1.29 is 19.1 Å². The van der Waals surface area contributed by atoms with E-state index in [1.54, 1.807) is 55.7 Å². The Morgan fingerprint density at radius 2 is 1.88 bits per heavy atom. The SMILES string of the molecule is C=CCOc1ccc(/C=C/C(=O)Nc2ccc(C(N)=O)cc2)cc1OC. The first-order chi connectivity index (χ1) is 12.5. The van der Waals surface area contributed by atoms with E-state index in [2.05, 4.69) is 11.9 Å². The fraction of sp³-hybridized carbons (Fsp3) is 0.100. The van der Waals surface area contributed by atoms with Crippen molar-refractivity contribution in [1.29, 1.82) is 0 Å². The summed E-state index contributed by atoms with van der Waals surface area (Å²) < 4.78 is 10.8. The van der Waals surface area contributed by atoms with Crippen LogP contribution in [0.4, 0.5) is 5.69 Å². The normalized spacial score (nSPS) is 10.3. The second kappa shape index (κ2) is 9.08. The van der Waals surface area contributed by atoms with Gasteiger partial charge in [0.25, 0.3) is 0 Å². The molecule has 6 nitrogen and oxygen atoms in total. The van der Waals surface area contributed by atoms with Crippen LogP contribution in [0.15, 0.2) is 61.2 Å². The summed E-state index contributed by atoms with van der Waals surface area (Å²) in [5.41, 5.74) is 6.91. The van der Waals surface area contributed by atoms with Crippen molar-refractivity contribution in [2.45, 2.75) is 0 Å². The minimum atomic E-state index is -0.516. The van der Waals surface area contributed by atoms with Crippen LogP contribution in [0.25, 0.3) is 6.08 Å². The van der Waals surface area contributed by atoms with Crippen LogP contribution in [0, 0.1) is 0 Å². The highest BCUT2D eigenvalue weighted by Crippen LogP contribution is 2.28. The summed E-state index contributed by atoms with van der Waals surface area (Å²) in [6.07, 6.45) is 4.71. The maximum absolute atomic E-state index is 12.0. The monoisotopic (exact) mass is 352 g/mol. The van der Waals surface area contributed by atoms with Gasteiger partial charge in [-0.1, -0.05) is 18.7 Å². The van der Waals surface area contributed by atoms with Crippen LogP contribution in [0.3, 0.4) is 0 Å². The predicted octanol–water partition coefficient (Wildman–Crippen LogP) is 3.01. The first kappa shape index (κ1) is 18.8. The minimum Gasteiger partial charge on any atom is -0.493 e. The molecule has 26 heavy (non-hydrogen) atoms. The first-order valence-corrected chi connectivity index (χ1v) is 7.84. The number of rotatable bonds is 8. The number of ether oxygens (including phenoxy) is 2. The minimum absolute atomic E-state index is 0.303. The number of amides is 2. The number of hydrogen-bond acceptors (Lipinski definition) is 4. The topological polar surface area (TPSA) is 90.6 Å². The fourth-order valence-electron chi connectivity index (χ4n) is 2.13. The zero-order valence-corrected chi connectivity index (χ0v) is 14.4. The van der Waals surface area contributed by atoms with Crippen LogP contribution in [-0.4, -0.2) is 25.5 Å². The fourth-order valence-corrected chi connectivity index (χ4v) is 2.13. The Bertz CT molecular complexity index is 826. The van der Waals surface area contributed by atoms with Crippen molar-refractivity contribution in [3.8, 4) is 11.5 Å². The molecule has 0 aliphatic rings. The van der Waals surface area contributed by atoms with Gasteiger partial charge >= 0.3 is 0 Å². The summed E-state index contributed by atoms with van der Waals surface area (Å²) in [5.74, 6) is 0.347. The van der Waals surface area contributed by atoms with Crippen LogP contribution < -0.4 is 20.5 Å². The standard InChI is InChI=1S/C20H20N2O4/c1-3-12-26-17-10-4-14(13-18(17)25-2)5-11-19(23)22-16-8-6-15(7-9-16)20(21)24/h3-11,13H,1,12H2,2H3,(H2,21,24)(H,22,23)/b11-5+. The third-order valence-electron chi connectivity index (χ3n) is 3.41. The lowest BCUT2D eigenvalue weighted by Crippen LogP contribution is -2.11. The molecular formula is C20H20N2O4. The molecule has 134 valence electrons. The van der Waals surface area contributed by atoms with Gasteiger partial charge in [0.1, 0.15) is 6.61 Å². The lowest BCUT2D eigenvalue weighted by Gasteiger charge is -2.09. The highest BCUT2D eigenvalue weighted by Gasteiger charge is 2.05. The number of carbonyl (C=O) groups excluding carboxylic acids is 2. The number of hydrogen-bond donors (Lipinski definition) is 2. The van der Waals surface area contributed by atoms with Crippen LogP contribution in [0.1, 0.15) is 15.9 Å². The quantitative estimate of drug-likeness (QED) is 0.564. The highest BCUT2D eigenvalue weighted by atomic mass is 16.5. The van der Waals surface area contributed by atoms with Gasteiger partial charge in [-0.25, -0.2) is 0 Å². The van der Waals surface area contributed by atoms with Crippen LogP contribution >= 0.6 is 0 Å². The van der Waals surface area contributed by atoms with Crippen molar-refractivity contribution in [1.82, 2.24) is 0 Å². The molecule has 0 atom stereocenters. The summed E-state index contributed by atoms with van der Waals surface area (Å²) in [6, 6.07) is 11.7. The van der Waals surface area contributed by atoms with Gasteiger partial charge in [-0.3, -0.25) is 9.59 Å². The molecule has 2 aromatic carbocycles. The van der Waals surface area contributed by atoms with Gasteiger partial charge in [-0.05, 0) is 48.0 Å². The zero-order valence-electron chi connectivity index (χ0n) is 14.4. The summed E-state index contributed by atoms with van der Waals surface area (Å²) in [5, 5.41) is 2.70. The molecule has 0 heterocycles. The Hall–Kier alpha value is -3.54.